The highest BCUT2D eigenvalue weighted by Crippen LogP contribution is 2.40. The smallest absolute Gasteiger partial charge is 0.162 e. The van der Waals surface area contributed by atoms with Gasteiger partial charge in [-0.05, 0) is 61.7 Å². The largest absolute Gasteiger partial charge is 0.358 e. The van der Waals surface area contributed by atoms with Gasteiger partial charge in [-0.25, -0.2) is 19.3 Å². The fraction of sp³-hybridized carbons (Fsp3) is 0.259. The van der Waals surface area contributed by atoms with E-state index in [-0.39, 0.29) is 5.82 Å². The molecular weight excluding hydrogens is 441 g/mol. The maximum atomic E-state index is 14.5. The van der Waals surface area contributed by atoms with Crippen LogP contribution < -0.4 is 10.2 Å². The zero-order valence-electron chi connectivity index (χ0n) is 19.9. The van der Waals surface area contributed by atoms with Crippen LogP contribution in [0, 0.1) is 5.82 Å². The van der Waals surface area contributed by atoms with Crippen molar-refractivity contribution in [3.8, 4) is 22.6 Å². The Bertz CT molecular complexity index is 1400. The van der Waals surface area contributed by atoms with Crippen LogP contribution in [-0.4, -0.2) is 52.1 Å². The van der Waals surface area contributed by atoms with E-state index in [1.54, 1.807) is 30.7 Å². The lowest BCUT2D eigenvalue weighted by molar-refractivity contribution is 0.631. The number of nitrogens with one attached hydrogen (secondary N) is 2. The van der Waals surface area contributed by atoms with Gasteiger partial charge in [-0.15, -0.1) is 0 Å². The zero-order valence-corrected chi connectivity index (χ0v) is 19.9. The third kappa shape index (κ3) is 5.12. The molecule has 0 bridgehead atoms. The number of likely N-dealkylation sites (N-methyl/N-ethyl adjacent to an activating group) is 2. The number of hydrogen-bond donors (Lipinski definition) is 2. The van der Waals surface area contributed by atoms with Gasteiger partial charge in [0.05, 0.1) is 5.69 Å². The summed E-state index contributed by atoms with van der Waals surface area (Å²) in [7, 11) is 3.97. The van der Waals surface area contributed by atoms with Crippen LogP contribution in [0.4, 0.5) is 10.2 Å². The third-order valence-electron chi connectivity index (χ3n) is 6.16. The van der Waals surface area contributed by atoms with Crippen molar-refractivity contribution in [3.63, 3.8) is 0 Å². The standard InChI is InChI=1S/C27H28FN7/c1-29-13-14-35(2)25-15-19(18-7-8-18)17-30-11-12-32-26(34-25)20-9-10-31-27-22(20)16-24(33-27)21-5-3-4-6-23(21)28/h3-6,9-12,15-18,29H,7-8,13-14H2,1-2H3,(H,31,33). The number of hydrogen-bond acceptors (Lipinski definition) is 6. The topological polar surface area (TPSA) is 82.6 Å². The Morgan fingerprint density at radius 3 is 2.71 bits per heavy atom. The second kappa shape index (κ2) is 10.1. The predicted octanol–water partition coefficient (Wildman–Crippen LogP) is 4.88. The van der Waals surface area contributed by atoms with Gasteiger partial charge in [0.1, 0.15) is 17.3 Å². The summed E-state index contributed by atoms with van der Waals surface area (Å²) < 4.78 is 14.5. The van der Waals surface area contributed by atoms with Crippen LogP contribution in [0.15, 0.2) is 67.3 Å². The number of aromatic nitrogens is 5. The molecule has 0 saturated heterocycles. The van der Waals surface area contributed by atoms with Crippen LogP contribution in [0.5, 0.6) is 0 Å². The molecule has 0 atom stereocenters. The molecule has 0 radical (unpaired) electrons. The van der Waals surface area contributed by atoms with E-state index < -0.39 is 0 Å². The van der Waals surface area contributed by atoms with E-state index in [2.05, 4.69) is 36.2 Å². The van der Waals surface area contributed by atoms with E-state index in [1.165, 1.54) is 24.5 Å². The van der Waals surface area contributed by atoms with Crippen LogP contribution in [0.25, 0.3) is 33.7 Å². The Labute approximate surface area is 203 Å². The maximum Gasteiger partial charge on any atom is 0.162 e. The van der Waals surface area contributed by atoms with Crippen molar-refractivity contribution in [1.29, 1.82) is 0 Å². The molecule has 3 aromatic heterocycles. The third-order valence-corrected chi connectivity index (χ3v) is 6.16. The fourth-order valence-corrected chi connectivity index (χ4v) is 4.03. The van der Waals surface area contributed by atoms with Crippen molar-refractivity contribution < 1.29 is 4.39 Å². The minimum absolute atomic E-state index is 0.290. The molecule has 3 heterocycles. The van der Waals surface area contributed by atoms with Gasteiger partial charge in [-0.2, -0.15) is 0 Å². The molecule has 4 aromatic rings. The van der Waals surface area contributed by atoms with E-state index in [9.17, 15) is 4.39 Å². The highest BCUT2D eigenvalue weighted by Gasteiger charge is 2.24. The van der Waals surface area contributed by atoms with E-state index in [4.69, 9.17) is 4.98 Å². The summed E-state index contributed by atoms with van der Waals surface area (Å²) in [6, 6.07) is 12.6. The van der Waals surface area contributed by atoms with E-state index >= 15 is 0 Å². The predicted molar refractivity (Wildman–Crippen MR) is 137 cm³/mol. The molecule has 0 spiro atoms. The maximum absolute atomic E-state index is 14.5. The van der Waals surface area contributed by atoms with Crippen LogP contribution in [0.3, 0.4) is 0 Å². The van der Waals surface area contributed by atoms with Crippen LogP contribution in [-0.2, 0) is 0 Å². The second-order valence-electron chi connectivity index (χ2n) is 8.73. The molecule has 1 aliphatic rings. The fourth-order valence-electron chi connectivity index (χ4n) is 4.03. The number of halogens is 1. The summed E-state index contributed by atoms with van der Waals surface area (Å²) in [4.78, 5) is 24.0. The first kappa shape index (κ1) is 22.9. The highest BCUT2D eigenvalue weighted by molar-refractivity contribution is 5.94. The van der Waals surface area contributed by atoms with E-state index in [0.717, 1.165) is 29.9 Å². The summed E-state index contributed by atoms with van der Waals surface area (Å²) in [5, 5.41) is 4.02. The molecule has 178 valence electrons. The van der Waals surface area contributed by atoms with Crippen LogP contribution in [0.1, 0.15) is 24.3 Å². The molecule has 2 N–H and O–H groups in total. The first-order valence-corrected chi connectivity index (χ1v) is 11.8. The summed E-state index contributed by atoms with van der Waals surface area (Å²) in [5.74, 6) is 1.59. The van der Waals surface area contributed by atoms with Crippen LogP contribution in [0.2, 0.25) is 0 Å². The monoisotopic (exact) mass is 469 g/mol. The normalized spacial score (nSPS) is 13.0. The number of anilines is 1. The first-order valence-electron chi connectivity index (χ1n) is 11.8. The van der Waals surface area contributed by atoms with Crippen molar-refractivity contribution in [2.45, 2.75) is 18.8 Å². The van der Waals surface area contributed by atoms with Gasteiger partial charge in [-0.1, -0.05) is 12.1 Å². The number of benzene rings is 1. The Balaban J connectivity index is 1.68. The highest BCUT2D eigenvalue weighted by atomic mass is 19.1. The van der Waals surface area contributed by atoms with Crippen molar-refractivity contribution in [1.82, 2.24) is 30.2 Å². The van der Waals surface area contributed by atoms with Gasteiger partial charge in [0.15, 0.2) is 5.82 Å². The summed E-state index contributed by atoms with van der Waals surface area (Å²) in [5.41, 5.74) is 3.78. The molecule has 8 heteroatoms. The molecule has 5 rings (SSSR count). The SMILES string of the molecule is CNCCN(C)c1cc(C2CC2)cnccnc(-c2ccnc3[nH]c(-c4ccccc4F)cc23)n1. The molecule has 0 aliphatic heterocycles. The average Bonchev–Trinajstić information content (AvgIpc) is 3.63. The lowest BCUT2D eigenvalue weighted by Crippen LogP contribution is -2.27. The lowest BCUT2D eigenvalue weighted by atomic mass is 10.1. The quantitative estimate of drug-likeness (QED) is 0.402. The molecule has 1 aromatic carbocycles. The lowest BCUT2D eigenvalue weighted by Gasteiger charge is -2.18. The molecule has 1 aliphatic carbocycles. The minimum atomic E-state index is -0.290. The Kier molecular flexibility index (Phi) is 6.63. The van der Waals surface area contributed by atoms with Crippen molar-refractivity contribution in [3.05, 3.63) is 78.6 Å². The molecule has 35 heavy (non-hydrogen) atoms. The molecular formula is C27H28FN7. The number of rotatable bonds is 7. The van der Waals surface area contributed by atoms with Crippen molar-refractivity contribution in [2.24, 2.45) is 0 Å². The molecule has 1 fully saturated rings. The minimum Gasteiger partial charge on any atom is -0.358 e. The van der Waals surface area contributed by atoms with E-state index in [1.807, 2.05) is 38.5 Å². The van der Waals surface area contributed by atoms with Gasteiger partial charge in [0.25, 0.3) is 0 Å². The van der Waals surface area contributed by atoms with Gasteiger partial charge >= 0.3 is 0 Å². The average molecular weight is 470 g/mol. The second-order valence-corrected chi connectivity index (χ2v) is 8.73. The number of nitrogens with zero attached hydrogens (tertiary/aromatic N) is 5. The van der Waals surface area contributed by atoms with Gasteiger partial charge in [-0.3, -0.25) is 4.98 Å². The Morgan fingerprint density at radius 2 is 1.91 bits per heavy atom. The van der Waals surface area contributed by atoms with Gasteiger partial charge < -0.3 is 15.2 Å². The molecule has 1 saturated carbocycles. The Morgan fingerprint density at radius 1 is 1.06 bits per heavy atom. The van der Waals surface area contributed by atoms with Crippen molar-refractivity contribution in [2.75, 3.05) is 32.1 Å². The van der Waals surface area contributed by atoms with Gasteiger partial charge in [0, 0.05) is 61.4 Å². The summed E-state index contributed by atoms with van der Waals surface area (Å²) >= 11 is 0. The number of pyridine rings is 1. The molecule has 0 amide bonds. The number of H-pyrrole nitrogens is 1. The summed E-state index contributed by atoms with van der Waals surface area (Å²) in [6.45, 7) is 1.61. The summed E-state index contributed by atoms with van der Waals surface area (Å²) in [6.07, 6.45) is 9.31. The first-order chi connectivity index (χ1) is 17.1. The Hall–Kier alpha value is -3.91. The number of aromatic amines is 1. The molecule has 0 unspecified atom stereocenters. The van der Waals surface area contributed by atoms with Crippen molar-refractivity contribution >= 4 is 16.9 Å². The van der Waals surface area contributed by atoms with Gasteiger partial charge in [0.2, 0.25) is 0 Å². The molecule has 7 nitrogen and oxygen atoms in total. The van der Waals surface area contributed by atoms with E-state index in [0.29, 0.717) is 28.6 Å². The number of fused-ring (bicyclic) bond motifs is 1. The van der Waals surface area contributed by atoms with Crippen LogP contribution >= 0.6 is 0 Å². The zero-order chi connectivity index (χ0) is 24.2.